The van der Waals surface area contributed by atoms with E-state index in [9.17, 15) is 9.90 Å². The average molecular weight is 508 g/mol. The minimum absolute atomic E-state index is 0.0578. The van der Waals surface area contributed by atoms with Gasteiger partial charge in [0, 0.05) is 18.5 Å². The number of hydrogen-bond donors (Lipinski definition) is 2. The first-order chi connectivity index (χ1) is 17.7. The quantitative estimate of drug-likeness (QED) is 0.309. The highest BCUT2D eigenvalue weighted by atomic mass is 16.5. The summed E-state index contributed by atoms with van der Waals surface area (Å²) in [7, 11) is 0. The van der Waals surface area contributed by atoms with Crippen molar-refractivity contribution in [3.8, 4) is 0 Å². The van der Waals surface area contributed by atoms with E-state index in [4.69, 9.17) is 9.47 Å². The largest absolute Gasteiger partial charge is 0.466 e. The third-order valence-electron chi connectivity index (χ3n) is 7.09. The number of aryl methyl sites for hydroxylation is 1. The van der Waals surface area contributed by atoms with Gasteiger partial charge in [0.05, 0.1) is 25.4 Å². The van der Waals surface area contributed by atoms with E-state index in [0.29, 0.717) is 31.9 Å². The van der Waals surface area contributed by atoms with Crippen molar-refractivity contribution in [2.45, 2.75) is 84.5 Å². The van der Waals surface area contributed by atoms with Gasteiger partial charge >= 0.3 is 5.97 Å². The summed E-state index contributed by atoms with van der Waals surface area (Å²) in [5.41, 5.74) is 6.21. The molecule has 0 saturated carbocycles. The van der Waals surface area contributed by atoms with Crippen LogP contribution in [0.3, 0.4) is 0 Å². The van der Waals surface area contributed by atoms with E-state index < -0.39 is 6.10 Å². The van der Waals surface area contributed by atoms with Crippen molar-refractivity contribution in [2.75, 3.05) is 19.8 Å². The molecule has 2 atom stereocenters. The lowest BCUT2D eigenvalue weighted by molar-refractivity contribution is -0.142. The number of benzene rings is 2. The van der Waals surface area contributed by atoms with Crippen molar-refractivity contribution in [3.05, 3.63) is 76.4 Å². The first kappa shape index (κ1) is 29.1. The number of carbonyl (C=O) groups is 1. The van der Waals surface area contributed by atoms with Gasteiger partial charge in [-0.3, -0.25) is 4.79 Å². The molecule has 2 aromatic carbocycles. The molecule has 2 aromatic rings. The molecule has 1 aliphatic rings. The second kappa shape index (κ2) is 13.9. The summed E-state index contributed by atoms with van der Waals surface area (Å²) in [6.07, 6.45) is 7.66. The molecule has 37 heavy (non-hydrogen) atoms. The van der Waals surface area contributed by atoms with Crippen LogP contribution < -0.4 is 5.32 Å². The van der Waals surface area contributed by atoms with Gasteiger partial charge in [0.1, 0.15) is 0 Å². The van der Waals surface area contributed by atoms with Crippen LogP contribution in [-0.4, -0.2) is 42.5 Å². The molecule has 0 aliphatic heterocycles. The Labute approximate surface area is 223 Å². The van der Waals surface area contributed by atoms with Gasteiger partial charge in [0.25, 0.3) is 0 Å². The lowest BCUT2D eigenvalue weighted by Crippen LogP contribution is -2.45. The topological polar surface area (TPSA) is 67.8 Å². The first-order valence-electron chi connectivity index (χ1n) is 13.7. The van der Waals surface area contributed by atoms with Crippen LogP contribution in [0.25, 0.3) is 6.08 Å². The van der Waals surface area contributed by atoms with E-state index in [1.165, 1.54) is 11.1 Å². The Balaban J connectivity index is 1.45. The van der Waals surface area contributed by atoms with Crippen molar-refractivity contribution in [2.24, 2.45) is 5.92 Å². The molecule has 5 heteroatoms. The maximum Gasteiger partial charge on any atom is 0.306 e. The minimum atomic E-state index is -0.587. The fraction of sp³-hybridized carbons (Fsp3) is 0.531. The van der Waals surface area contributed by atoms with E-state index in [1.54, 1.807) is 0 Å². The fourth-order valence-corrected chi connectivity index (χ4v) is 5.24. The summed E-state index contributed by atoms with van der Waals surface area (Å²) in [5.74, 6) is 0.464. The normalized spacial score (nSPS) is 15.6. The van der Waals surface area contributed by atoms with Crippen LogP contribution in [0.5, 0.6) is 0 Å². The Morgan fingerprint density at radius 1 is 1.19 bits per heavy atom. The summed E-state index contributed by atoms with van der Waals surface area (Å²) >= 11 is 0. The number of β-amino-alcohol motifs (C(OH)–C–C–N with tert-alkyl or cyclic N) is 1. The standard InChI is InChI=1S/C32H45NO4/c1-6-36-31(35)14-10-9-13-28-17-23(2)15-16-30(28)24(3)37-22-29(34)21-33-32(4,5)20-25-18-26-11-7-8-12-27(26)19-25/h7-9,11-13,15-17,24-25,29,33-34H,6,10,14,18-22H2,1-5H3/b13-9+/t24-,29-/m1/s1. The Morgan fingerprint density at radius 2 is 1.89 bits per heavy atom. The smallest absolute Gasteiger partial charge is 0.306 e. The van der Waals surface area contributed by atoms with Crippen molar-refractivity contribution < 1.29 is 19.4 Å². The summed E-state index contributed by atoms with van der Waals surface area (Å²) in [6.45, 7) is 11.5. The van der Waals surface area contributed by atoms with Crippen molar-refractivity contribution in [1.82, 2.24) is 5.32 Å². The van der Waals surface area contributed by atoms with Crippen LogP contribution >= 0.6 is 0 Å². The highest BCUT2D eigenvalue weighted by molar-refractivity contribution is 5.69. The zero-order valence-corrected chi connectivity index (χ0v) is 23.3. The summed E-state index contributed by atoms with van der Waals surface area (Å²) in [4.78, 5) is 11.6. The lowest BCUT2D eigenvalue weighted by Gasteiger charge is -2.31. The van der Waals surface area contributed by atoms with E-state index in [1.807, 2.05) is 26.0 Å². The molecule has 0 bridgehead atoms. The Bertz CT molecular complexity index is 1020. The Morgan fingerprint density at radius 3 is 2.57 bits per heavy atom. The van der Waals surface area contributed by atoms with Gasteiger partial charge in [0.2, 0.25) is 0 Å². The zero-order valence-electron chi connectivity index (χ0n) is 23.3. The maximum absolute atomic E-state index is 11.6. The molecule has 3 rings (SSSR count). The molecule has 0 saturated heterocycles. The van der Waals surface area contributed by atoms with Gasteiger partial charge < -0.3 is 19.9 Å². The van der Waals surface area contributed by atoms with Crippen molar-refractivity contribution in [1.29, 1.82) is 0 Å². The average Bonchev–Trinajstić information content (AvgIpc) is 3.25. The van der Waals surface area contributed by atoms with E-state index in [-0.39, 0.29) is 24.2 Å². The van der Waals surface area contributed by atoms with Gasteiger partial charge in [-0.05, 0) is 88.5 Å². The van der Waals surface area contributed by atoms with Gasteiger partial charge in [-0.2, -0.15) is 0 Å². The predicted molar refractivity (Wildman–Crippen MR) is 150 cm³/mol. The van der Waals surface area contributed by atoms with Gasteiger partial charge in [-0.1, -0.05) is 60.2 Å². The first-order valence-corrected chi connectivity index (χ1v) is 13.7. The number of rotatable bonds is 14. The number of allylic oxidation sites excluding steroid dienone is 1. The third-order valence-corrected chi connectivity index (χ3v) is 7.09. The fourth-order valence-electron chi connectivity index (χ4n) is 5.24. The molecule has 2 N–H and O–H groups in total. The van der Waals surface area contributed by atoms with Crippen LogP contribution in [0.2, 0.25) is 0 Å². The molecular formula is C32H45NO4. The minimum Gasteiger partial charge on any atom is -0.466 e. The summed E-state index contributed by atoms with van der Waals surface area (Å²) in [6, 6.07) is 15.0. The Kier molecular flexibility index (Phi) is 10.9. The maximum atomic E-state index is 11.6. The zero-order chi connectivity index (χ0) is 26.8. The molecule has 0 unspecified atom stereocenters. The van der Waals surface area contributed by atoms with E-state index in [0.717, 1.165) is 36.0 Å². The molecule has 0 amide bonds. The van der Waals surface area contributed by atoms with Crippen LogP contribution in [0.1, 0.15) is 80.9 Å². The van der Waals surface area contributed by atoms with Crippen LogP contribution in [-0.2, 0) is 27.1 Å². The molecule has 1 aliphatic carbocycles. The van der Waals surface area contributed by atoms with Crippen LogP contribution in [0.15, 0.2) is 48.5 Å². The summed E-state index contributed by atoms with van der Waals surface area (Å²) < 4.78 is 11.1. The second-order valence-corrected chi connectivity index (χ2v) is 11.0. The SMILES string of the molecule is CCOC(=O)CC/C=C/c1cc(C)ccc1[C@@H](C)OC[C@H](O)CNC(C)(C)CC1Cc2ccccc2C1. The lowest BCUT2D eigenvalue weighted by atomic mass is 9.88. The number of aliphatic hydroxyl groups is 1. The van der Waals surface area contributed by atoms with Gasteiger partial charge in [0.15, 0.2) is 0 Å². The predicted octanol–water partition coefficient (Wildman–Crippen LogP) is 5.96. The molecule has 0 fully saturated rings. The molecule has 202 valence electrons. The molecule has 0 radical (unpaired) electrons. The number of nitrogens with one attached hydrogen (secondary N) is 1. The molecular weight excluding hydrogens is 462 g/mol. The van der Waals surface area contributed by atoms with Crippen molar-refractivity contribution >= 4 is 12.0 Å². The molecule has 0 spiro atoms. The van der Waals surface area contributed by atoms with E-state index in [2.05, 4.69) is 68.6 Å². The number of hydrogen-bond acceptors (Lipinski definition) is 5. The molecule has 0 aromatic heterocycles. The van der Waals surface area contributed by atoms with E-state index >= 15 is 0 Å². The number of ether oxygens (including phenoxy) is 2. The van der Waals surface area contributed by atoms with Crippen molar-refractivity contribution in [3.63, 3.8) is 0 Å². The third kappa shape index (κ3) is 9.41. The highest BCUT2D eigenvalue weighted by Gasteiger charge is 2.28. The van der Waals surface area contributed by atoms with Crippen LogP contribution in [0, 0.1) is 12.8 Å². The summed E-state index contributed by atoms with van der Waals surface area (Å²) in [5, 5.41) is 14.2. The highest BCUT2D eigenvalue weighted by Crippen LogP contribution is 2.32. The number of aliphatic hydroxyl groups excluding tert-OH is 1. The second-order valence-electron chi connectivity index (χ2n) is 11.0. The number of esters is 1. The molecule has 5 nitrogen and oxygen atoms in total. The Hall–Kier alpha value is -2.47. The van der Waals surface area contributed by atoms with Gasteiger partial charge in [-0.15, -0.1) is 0 Å². The number of carbonyl (C=O) groups excluding carboxylic acids is 1. The van der Waals surface area contributed by atoms with Gasteiger partial charge in [-0.25, -0.2) is 0 Å². The monoisotopic (exact) mass is 507 g/mol. The van der Waals surface area contributed by atoms with Crippen LogP contribution in [0.4, 0.5) is 0 Å². The molecule has 0 heterocycles. The number of fused-ring (bicyclic) bond motifs is 1.